The summed E-state index contributed by atoms with van der Waals surface area (Å²) in [5, 5.41) is 10.2. The van der Waals surface area contributed by atoms with Gasteiger partial charge in [0.15, 0.2) is 0 Å². The molecule has 1 aliphatic heterocycles. The van der Waals surface area contributed by atoms with Gasteiger partial charge in [-0.25, -0.2) is 0 Å². The largest absolute Gasteiger partial charge is 0.397 e. The van der Waals surface area contributed by atoms with E-state index in [1.807, 2.05) is 0 Å². The molecule has 6 nitrogen and oxygen atoms in total. The molecule has 0 spiro atoms. The predicted octanol–water partition coefficient (Wildman–Crippen LogP) is -0.473. The average molecular weight is 251 g/mol. The summed E-state index contributed by atoms with van der Waals surface area (Å²) in [5.74, 6) is 0. The topological polar surface area (TPSA) is 91.6 Å². The first-order chi connectivity index (χ1) is 8.56. The van der Waals surface area contributed by atoms with Crippen LogP contribution in [0.5, 0.6) is 0 Å². The van der Waals surface area contributed by atoms with Crippen molar-refractivity contribution in [1.82, 2.24) is 14.8 Å². The maximum absolute atomic E-state index is 10.2. The summed E-state index contributed by atoms with van der Waals surface area (Å²) < 4.78 is 0. The minimum atomic E-state index is -0.658. The summed E-state index contributed by atoms with van der Waals surface area (Å²) in [5.41, 5.74) is 12.9. The lowest BCUT2D eigenvalue weighted by molar-refractivity contribution is 0.0787. The number of nitrogens with zero attached hydrogens (tertiary/aromatic N) is 3. The van der Waals surface area contributed by atoms with Crippen LogP contribution < -0.4 is 11.5 Å². The molecule has 0 amide bonds. The molecule has 100 valence electrons. The molecule has 6 heteroatoms. The first-order valence-corrected chi connectivity index (χ1v) is 6.16. The van der Waals surface area contributed by atoms with Crippen molar-refractivity contribution in [2.24, 2.45) is 0 Å². The Hall–Kier alpha value is -1.37. The number of nitrogens with two attached hydrogens (primary N) is 2. The molecular formula is C12H21N5O. The van der Waals surface area contributed by atoms with Crippen LogP contribution in [0.1, 0.15) is 11.8 Å². The second-order valence-electron chi connectivity index (χ2n) is 4.86. The monoisotopic (exact) mass is 251 g/mol. The van der Waals surface area contributed by atoms with E-state index in [9.17, 15) is 5.11 Å². The van der Waals surface area contributed by atoms with E-state index in [1.54, 1.807) is 6.07 Å². The third-order valence-electron chi connectivity index (χ3n) is 3.31. The number of likely N-dealkylation sites (N-methyl/N-ethyl adjacent to an activating group) is 1. The van der Waals surface area contributed by atoms with Crippen molar-refractivity contribution in [3.8, 4) is 0 Å². The number of hydrogen-bond donors (Lipinski definition) is 3. The summed E-state index contributed by atoms with van der Waals surface area (Å²) in [4.78, 5) is 8.62. The Kier molecular flexibility index (Phi) is 4.00. The van der Waals surface area contributed by atoms with Crippen molar-refractivity contribution in [2.45, 2.75) is 6.10 Å². The molecule has 2 heterocycles. The number of aliphatic hydroxyl groups is 1. The maximum atomic E-state index is 10.2. The summed E-state index contributed by atoms with van der Waals surface area (Å²) in [6.45, 7) is 4.54. The van der Waals surface area contributed by atoms with E-state index in [2.05, 4.69) is 21.8 Å². The number of pyridine rings is 1. The molecule has 1 atom stereocenters. The summed E-state index contributed by atoms with van der Waals surface area (Å²) in [6, 6.07) is 1.63. The molecular weight excluding hydrogens is 230 g/mol. The Balaban J connectivity index is 1.97. The van der Waals surface area contributed by atoms with Crippen molar-refractivity contribution in [2.75, 3.05) is 51.2 Å². The standard InChI is InChI=1S/C12H21N5O/c1-16-2-4-17(5-3-16)8-11(18)12-10(14)6-9(13)7-15-12/h6-7,11,18H,2-5,8,13-14H2,1H3/t11-/m0/s1. The van der Waals surface area contributed by atoms with E-state index in [0.29, 0.717) is 23.6 Å². The number of aromatic nitrogens is 1. The van der Waals surface area contributed by atoms with Crippen LogP contribution in [0.2, 0.25) is 0 Å². The van der Waals surface area contributed by atoms with Crippen LogP contribution in [0.25, 0.3) is 0 Å². The molecule has 0 unspecified atom stereocenters. The van der Waals surface area contributed by atoms with Crippen LogP contribution in [-0.4, -0.2) is 59.7 Å². The van der Waals surface area contributed by atoms with Gasteiger partial charge in [0.05, 0.1) is 23.3 Å². The number of piperazine rings is 1. The molecule has 0 aromatic carbocycles. The fourth-order valence-corrected chi connectivity index (χ4v) is 2.15. The number of aliphatic hydroxyl groups excluding tert-OH is 1. The number of β-amino-alcohol motifs (C(OH)–C–C–N with tert-alkyl or cyclic N) is 1. The Labute approximate surface area is 107 Å². The number of nitrogen functional groups attached to an aromatic ring is 2. The van der Waals surface area contributed by atoms with E-state index < -0.39 is 6.10 Å². The second kappa shape index (κ2) is 5.51. The molecule has 0 radical (unpaired) electrons. The van der Waals surface area contributed by atoms with Gasteiger partial charge in [-0.05, 0) is 13.1 Å². The molecule has 2 rings (SSSR count). The van der Waals surface area contributed by atoms with E-state index in [0.717, 1.165) is 26.2 Å². The van der Waals surface area contributed by atoms with Gasteiger partial charge >= 0.3 is 0 Å². The normalized spacial score (nSPS) is 19.9. The third-order valence-corrected chi connectivity index (χ3v) is 3.31. The van der Waals surface area contributed by atoms with Crippen molar-refractivity contribution in [3.63, 3.8) is 0 Å². The zero-order valence-electron chi connectivity index (χ0n) is 10.7. The minimum Gasteiger partial charge on any atom is -0.397 e. The van der Waals surface area contributed by atoms with Gasteiger partial charge in [-0.3, -0.25) is 9.88 Å². The zero-order chi connectivity index (χ0) is 13.1. The van der Waals surface area contributed by atoms with Crippen molar-refractivity contribution in [3.05, 3.63) is 18.0 Å². The van der Waals surface area contributed by atoms with Crippen molar-refractivity contribution >= 4 is 11.4 Å². The lowest BCUT2D eigenvalue weighted by Crippen LogP contribution is -2.45. The Morgan fingerprint density at radius 2 is 2.00 bits per heavy atom. The van der Waals surface area contributed by atoms with Crippen LogP contribution in [0, 0.1) is 0 Å². The zero-order valence-corrected chi connectivity index (χ0v) is 10.7. The van der Waals surface area contributed by atoms with Crippen LogP contribution in [-0.2, 0) is 0 Å². The number of rotatable bonds is 3. The highest BCUT2D eigenvalue weighted by Gasteiger charge is 2.20. The predicted molar refractivity (Wildman–Crippen MR) is 72.0 cm³/mol. The molecule has 0 bridgehead atoms. The molecule has 1 aliphatic rings. The average Bonchev–Trinajstić information content (AvgIpc) is 2.32. The van der Waals surface area contributed by atoms with Crippen LogP contribution in [0.4, 0.5) is 11.4 Å². The lowest BCUT2D eigenvalue weighted by Gasteiger charge is -2.33. The van der Waals surface area contributed by atoms with Crippen LogP contribution in [0.3, 0.4) is 0 Å². The summed E-state index contributed by atoms with van der Waals surface area (Å²) in [7, 11) is 2.10. The summed E-state index contributed by atoms with van der Waals surface area (Å²) >= 11 is 0. The molecule has 18 heavy (non-hydrogen) atoms. The van der Waals surface area contributed by atoms with Crippen molar-refractivity contribution in [1.29, 1.82) is 0 Å². The van der Waals surface area contributed by atoms with E-state index >= 15 is 0 Å². The highest BCUT2D eigenvalue weighted by atomic mass is 16.3. The Bertz CT molecular complexity index is 403. The highest BCUT2D eigenvalue weighted by Crippen LogP contribution is 2.21. The molecule has 5 N–H and O–H groups in total. The van der Waals surface area contributed by atoms with Gasteiger partial charge in [-0.2, -0.15) is 0 Å². The fraction of sp³-hybridized carbons (Fsp3) is 0.583. The van der Waals surface area contributed by atoms with E-state index in [1.165, 1.54) is 6.20 Å². The molecule has 1 aromatic heterocycles. The van der Waals surface area contributed by atoms with Gasteiger partial charge in [0, 0.05) is 32.7 Å². The fourth-order valence-electron chi connectivity index (χ4n) is 2.15. The first-order valence-electron chi connectivity index (χ1n) is 6.16. The van der Waals surface area contributed by atoms with Gasteiger partial charge in [0.1, 0.15) is 6.10 Å². The molecule has 1 saturated heterocycles. The first kappa shape index (κ1) is 13.1. The third kappa shape index (κ3) is 3.10. The van der Waals surface area contributed by atoms with Gasteiger partial charge in [0.25, 0.3) is 0 Å². The quantitative estimate of drug-likeness (QED) is 0.672. The minimum absolute atomic E-state index is 0.455. The second-order valence-corrected chi connectivity index (χ2v) is 4.86. The highest BCUT2D eigenvalue weighted by molar-refractivity contribution is 5.53. The lowest BCUT2D eigenvalue weighted by atomic mass is 10.1. The Morgan fingerprint density at radius 1 is 1.33 bits per heavy atom. The van der Waals surface area contributed by atoms with Gasteiger partial charge in [0.2, 0.25) is 0 Å². The molecule has 0 aliphatic carbocycles. The maximum Gasteiger partial charge on any atom is 0.111 e. The number of anilines is 2. The molecule has 0 saturated carbocycles. The van der Waals surface area contributed by atoms with E-state index in [4.69, 9.17) is 11.5 Å². The summed E-state index contributed by atoms with van der Waals surface area (Å²) in [6.07, 6.45) is 0.868. The molecule has 1 fully saturated rings. The molecule has 1 aromatic rings. The van der Waals surface area contributed by atoms with Crippen LogP contribution >= 0.6 is 0 Å². The van der Waals surface area contributed by atoms with Gasteiger partial charge in [-0.1, -0.05) is 0 Å². The Morgan fingerprint density at radius 3 is 2.61 bits per heavy atom. The number of hydrogen-bond acceptors (Lipinski definition) is 6. The SMILES string of the molecule is CN1CCN(C[C@H](O)c2ncc(N)cc2N)CC1. The van der Waals surface area contributed by atoms with E-state index in [-0.39, 0.29) is 0 Å². The van der Waals surface area contributed by atoms with Crippen molar-refractivity contribution < 1.29 is 5.11 Å². The van der Waals surface area contributed by atoms with Crippen LogP contribution in [0.15, 0.2) is 12.3 Å². The van der Waals surface area contributed by atoms with Gasteiger partial charge in [-0.15, -0.1) is 0 Å². The smallest absolute Gasteiger partial charge is 0.111 e. The van der Waals surface area contributed by atoms with Gasteiger partial charge < -0.3 is 21.5 Å².